The second-order valence-corrected chi connectivity index (χ2v) is 7.40. The standard InChI is InChI=1S/C19H23FN6OS/c1-13(14-3-5-15(20)6-4-14)26-12-23-8-16(26)7-22-11-18(27)24-9-17-10-25-19(21-2)28-17/h3-6,8,10,12-13,22H,7,9,11H2,1-2H3,(H,21,25)(H,24,27). The summed E-state index contributed by atoms with van der Waals surface area (Å²) >= 11 is 1.51. The Morgan fingerprint density at radius 3 is 2.75 bits per heavy atom. The third-order valence-corrected chi connectivity index (χ3v) is 5.35. The van der Waals surface area contributed by atoms with E-state index in [9.17, 15) is 9.18 Å². The van der Waals surface area contributed by atoms with E-state index in [1.54, 1.807) is 30.9 Å². The third kappa shape index (κ3) is 5.14. The molecule has 28 heavy (non-hydrogen) atoms. The molecule has 1 aromatic carbocycles. The zero-order valence-electron chi connectivity index (χ0n) is 15.8. The highest BCUT2D eigenvalue weighted by atomic mass is 32.1. The maximum atomic E-state index is 13.1. The molecule has 3 N–H and O–H groups in total. The van der Waals surface area contributed by atoms with Gasteiger partial charge in [0, 0.05) is 30.9 Å². The maximum absolute atomic E-state index is 13.1. The topological polar surface area (TPSA) is 83.9 Å². The number of anilines is 1. The molecule has 0 spiro atoms. The van der Waals surface area contributed by atoms with E-state index < -0.39 is 0 Å². The van der Waals surface area contributed by atoms with Gasteiger partial charge >= 0.3 is 0 Å². The predicted molar refractivity (Wildman–Crippen MR) is 108 cm³/mol. The minimum atomic E-state index is -0.255. The van der Waals surface area contributed by atoms with Crippen LogP contribution in [0.15, 0.2) is 43.0 Å². The molecule has 0 aliphatic rings. The van der Waals surface area contributed by atoms with Crippen molar-refractivity contribution >= 4 is 22.4 Å². The van der Waals surface area contributed by atoms with Crippen molar-refractivity contribution in [2.45, 2.75) is 26.1 Å². The lowest BCUT2D eigenvalue weighted by Gasteiger charge is -2.17. The molecule has 2 aromatic heterocycles. The molecule has 0 radical (unpaired) electrons. The number of aromatic nitrogens is 3. The fourth-order valence-corrected chi connectivity index (χ4v) is 3.48. The van der Waals surface area contributed by atoms with Gasteiger partial charge in [0.1, 0.15) is 5.82 Å². The first-order valence-corrected chi connectivity index (χ1v) is 9.74. The summed E-state index contributed by atoms with van der Waals surface area (Å²) in [6, 6.07) is 6.45. The Morgan fingerprint density at radius 2 is 2.04 bits per heavy atom. The number of carbonyl (C=O) groups is 1. The van der Waals surface area contributed by atoms with Crippen LogP contribution in [-0.4, -0.2) is 34.0 Å². The van der Waals surface area contributed by atoms with Crippen LogP contribution in [0.3, 0.4) is 0 Å². The lowest BCUT2D eigenvalue weighted by Crippen LogP contribution is -2.33. The Bertz CT molecular complexity index is 907. The van der Waals surface area contributed by atoms with Crippen LogP contribution in [0.25, 0.3) is 0 Å². The second kappa shape index (κ2) is 9.43. The Balaban J connectivity index is 1.48. The molecule has 3 aromatic rings. The minimum Gasteiger partial charge on any atom is -0.365 e. The molecule has 3 rings (SSSR count). The number of hydrogen-bond donors (Lipinski definition) is 3. The highest BCUT2D eigenvalue weighted by Gasteiger charge is 2.12. The normalized spacial score (nSPS) is 12.0. The number of nitrogens with zero attached hydrogens (tertiary/aromatic N) is 3. The van der Waals surface area contributed by atoms with E-state index in [0.29, 0.717) is 13.1 Å². The van der Waals surface area contributed by atoms with E-state index in [2.05, 4.69) is 25.9 Å². The van der Waals surface area contributed by atoms with Crippen molar-refractivity contribution in [1.29, 1.82) is 0 Å². The van der Waals surface area contributed by atoms with Crippen LogP contribution >= 0.6 is 11.3 Å². The highest BCUT2D eigenvalue weighted by Crippen LogP contribution is 2.20. The van der Waals surface area contributed by atoms with E-state index >= 15 is 0 Å². The largest absolute Gasteiger partial charge is 0.365 e. The van der Waals surface area contributed by atoms with Crippen molar-refractivity contribution in [3.05, 3.63) is 64.9 Å². The lowest BCUT2D eigenvalue weighted by molar-refractivity contribution is -0.120. The van der Waals surface area contributed by atoms with Gasteiger partial charge in [0.25, 0.3) is 0 Å². The lowest BCUT2D eigenvalue weighted by atomic mass is 10.1. The molecule has 0 saturated carbocycles. The number of thiazole rings is 1. The Kier molecular flexibility index (Phi) is 6.72. The fourth-order valence-electron chi connectivity index (χ4n) is 2.78. The summed E-state index contributed by atoms with van der Waals surface area (Å²) < 4.78 is 15.1. The van der Waals surface area contributed by atoms with Gasteiger partial charge in [0.2, 0.25) is 5.91 Å². The van der Waals surface area contributed by atoms with Crippen LogP contribution in [0.2, 0.25) is 0 Å². The van der Waals surface area contributed by atoms with E-state index in [1.807, 2.05) is 18.5 Å². The monoisotopic (exact) mass is 402 g/mol. The summed E-state index contributed by atoms with van der Waals surface area (Å²) in [6.07, 6.45) is 5.26. The zero-order chi connectivity index (χ0) is 19.9. The van der Waals surface area contributed by atoms with Crippen molar-refractivity contribution in [3.63, 3.8) is 0 Å². The molecule has 7 nitrogen and oxygen atoms in total. The van der Waals surface area contributed by atoms with Gasteiger partial charge in [-0.25, -0.2) is 14.4 Å². The van der Waals surface area contributed by atoms with Gasteiger partial charge in [-0.05, 0) is 24.6 Å². The van der Waals surface area contributed by atoms with Crippen molar-refractivity contribution in [3.8, 4) is 0 Å². The van der Waals surface area contributed by atoms with Crippen LogP contribution in [0.1, 0.15) is 29.1 Å². The molecule has 1 atom stereocenters. The van der Waals surface area contributed by atoms with E-state index in [0.717, 1.165) is 21.3 Å². The molecule has 1 amide bonds. The Morgan fingerprint density at radius 1 is 1.25 bits per heavy atom. The SMILES string of the molecule is CNc1ncc(CNC(=O)CNCc2cncn2C(C)c2ccc(F)cc2)s1. The molecule has 0 saturated heterocycles. The first-order valence-electron chi connectivity index (χ1n) is 8.93. The number of rotatable bonds is 9. The molecule has 1 unspecified atom stereocenters. The summed E-state index contributed by atoms with van der Waals surface area (Å²) in [6.45, 7) is 3.19. The van der Waals surface area contributed by atoms with Crippen molar-refractivity contribution in [1.82, 2.24) is 25.2 Å². The van der Waals surface area contributed by atoms with E-state index in [1.165, 1.54) is 23.5 Å². The summed E-state index contributed by atoms with van der Waals surface area (Å²) in [5, 5.41) is 9.80. The van der Waals surface area contributed by atoms with E-state index in [-0.39, 0.29) is 24.3 Å². The second-order valence-electron chi connectivity index (χ2n) is 6.28. The average Bonchev–Trinajstić information content (AvgIpc) is 3.35. The van der Waals surface area contributed by atoms with Crippen molar-refractivity contribution in [2.75, 3.05) is 18.9 Å². The third-order valence-electron chi connectivity index (χ3n) is 4.33. The van der Waals surface area contributed by atoms with Gasteiger partial charge in [0.15, 0.2) is 5.13 Å². The molecular formula is C19H23FN6OS. The number of hydrogen-bond acceptors (Lipinski definition) is 6. The fraction of sp³-hybridized carbons (Fsp3) is 0.316. The molecule has 148 valence electrons. The number of carbonyl (C=O) groups excluding carboxylic acids is 1. The molecule has 0 bridgehead atoms. The summed E-state index contributed by atoms with van der Waals surface area (Å²) in [4.78, 5) is 21.4. The van der Waals surface area contributed by atoms with Crippen LogP contribution in [0, 0.1) is 5.82 Å². The van der Waals surface area contributed by atoms with Gasteiger partial charge in [-0.15, -0.1) is 11.3 Å². The van der Waals surface area contributed by atoms with Crippen LogP contribution in [-0.2, 0) is 17.9 Å². The van der Waals surface area contributed by atoms with Crippen LogP contribution in [0.5, 0.6) is 0 Å². The summed E-state index contributed by atoms with van der Waals surface area (Å²) in [5.41, 5.74) is 1.94. The molecule has 0 fully saturated rings. The minimum absolute atomic E-state index is 0.0152. The first kappa shape index (κ1) is 20.0. The van der Waals surface area contributed by atoms with Gasteiger partial charge < -0.3 is 20.5 Å². The Hall–Kier alpha value is -2.78. The molecule has 2 heterocycles. The molecular weight excluding hydrogens is 379 g/mol. The first-order chi connectivity index (χ1) is 13.6. The summed E-state index contributed by atoms with van der Waals surface area (Å²) in [5.74, 6) is -0.341. The number of amides is 1. The molecule has 0 aliphatic carbocycles. The van der Waals surface area contributed by atoms with Gasteiger partial charge in [-0.1, -0.05) is 12.1 Å². The summed E-state index contributed by atoms with van der Waals surface area (Å²) in [7, 11) is 1.81. The van der Waals surface area contributed by atoms with E-state index in [4.69, 9.17) is 0 Å². The van der Waals surface area contributed by atoms with Crippen molar-refractivity contribution in [2.24, 2.45) is 0 Å². The smallest absolute Gasteiger partial charge is 0.234 e. The molecule has 0 aliphatic heterocycles. The maximum Gasteiger partial charge on any atom is 0.234 e. The number of benzene rings is 1. The predicted octanol–water partition coefficient (Wildman–Crippen LogP) is 2.54. The quantitative estimate of drug-likeness (QED) is 0.512. The van der Waals surface area contributed by atoms with Crippen LogP contribution < -0.4 is 16.0 Å². The average molecular weight is 402 g/mol. The van der Waals surface area contributed by atoms with Crippen LogP contribution in [0.4, 0.5) is 9.52 Å². The molecule has 9 heteroatoms. The highest BCUT2D eigenvalue weighted by molar-refractivity contribution is 7.15. The Labute approximate surface area is 167 Å². The zero-order valence-corrected chi connectivity index (χ0v) is 16.6. The van der Waals surface area contributed by atoms with Gasteiger partial charge in [-0.2, -0.15) is 0 Å². The number of halogens is 1. The van der Waals surface area contributed by atoms with Crippen molar-refractivity contribution < 1.29 is 9.18 Å². The number of nitrogens with one attached hydrogen (secondary N) is 3. The van der Waals surface area contributed by atoms with Gasteiger partial charge in [0.05, 0.1) is 31.2 Å². The number of imidazole rings is 1. The van der Waals surface area contributed by atoms with Gasteiger partial charge in [-0.3, -0.25) is 4.79 Å².